The van der Waals surface area contributed by atoms with Crippen molar-refractivity contribution in [3.05, 3.63) is 312 Å². The Balaban J connectivity index is 0.000000125. The predicted molar refractivity (Wildman–Crippen MR) is 308 cm³/mol. The Hall–Kier alpha value is -8.32. The maximum atomic E-state index is 2.26. The molecule has 0 bridgehead atoms. The molecular formula is C70H64. The molecule has 0 saturated heterocycles. The predicted octanol–water partition coefficient (Wildman–Crippen LogP) is 19.9. The molecule has 0 heterocycles. The van der Waals surface area contributed by atoms with Gasteiger partial charge in [-0.15, -0.1) is 0 Å². The Labute approximate surface area is 417 Å². The van der Waals surface area contributed by atoms with Gasteiger partial charge in [-0.3, -0.25) is 0 Å². The van der Waals surface area contributed by atoms with Crippen molar-refractivity contribution >= 4 is 43.1 Å². The second kappa shape index (κ2) is 25.7. The molecule has 70 heavy (non-hydrogen) atoms. The molecule has 0 aliphatic rings. The zero-order chi connectivity index (χ0) is 48.9. The van der Waals surface area contributed by atoms with Gasteiger partial charge in [0, 0.05) is 0 Å². The fourth-order valence-electron chi connectivity index (χ4n) is 8.12. The summed E-state index contributed by atoms with van der Waals surface area (Å²) in [5, 5.41) is 10.6. The van der Waals surface area contributed by atoms with Gasteiger partial charge in [0.05, 0.1) is 0 Å². The van der Waals surface area contributed by atoms with Gasteiger partial charge in [-0.25, -0.2) is 0 Å². The van der Waals surface area contributed by atoms with Gasteiger partial charge in [-0.05, 0) is 125 Å². The van der Waals surface area contributed by atoms with E-state index in [4.69, 9.17) is 0 Å². The molecule has 0 atom stereocenters. The molecule has 12 aromatic rings. The van der Waals surface area contributed by atoms with Crippen LogP contribution in [0.1, 0.15) is 33.4 Å². The first-order valence-electron chi connectivity index (χ1n) is 24.2. The topological polar surface area (TPSA) is 0 Å². The average molecular weight is 905 g/mol. The van der Waals surface area contributed by atoms with Crippen molar-refractivity contribution in [1.82, 2.24) is 0 Å². The molecule has 0 heteroatoms. The molecule has 0 amide bonds. The molecule has 0 N–H and O–H groups in total. The molecule has 0 unspecified atom stereocenters. The average Bonchev–Trinajstić information content (AvgIpc) is 3.40. The molecule has 0 aliphatic carbocycles. The highest BCUT2D eigenvalue weighted by molar-refractivity contribution is 5.98. The van der Waals surface area contributed by atoms with E-state index in [2.05, 4.69) is 290 Å². The third-order valence-electron chi connectivity index (χ3n) is 12.0. The first kappa shape index (κ1) is 49.6. The largest absolute Gasteiger partial charge is 0.0622 e. The Kier molecular flexibility index (Phi) is 18.2. The lowest BCUT2D eigenvalue weighted by atomic mass is 10.0. The first-order chi connectivity index (χ1) is 34.2. The summed E-state index contributed by atoms with van der Waals surface area (Å²) in [5.41, 5.74) is 13.1. The van der Waals surface area contributed by atoms with Crippen LogP contribution in [0.5, 0.6) is 0 Å². The van der Waals surface area contributed by atoms with Crippen LogP contribution in [0.15, 0.2) is 279 Å². The van der Waals surface area contributed by atoms with Gasteiger partial charge in [0.15, 0.2) is 0 Å². The van der Waals surface area contributed by atoms with Crippen LogP contribution in [-0.4, -0.2) is 0 Å². The number of benzene rings is 12. The molecule has 0 spiro atoms. The molecule has 12 rings (SSSR count). The first-order valence-corrected chi connectivity index (χ1v) is 24.2. The summed E-state index contributed by atoms with van der Waals surface area (Å²) < 4.78 is 0. The van der Waals surface area contributed by atoms with E-state index in [0.717, 1.165) is 0 Å². The minimum Gasteiger partial charge on any atom is -0.0622 e. The Morgan fingerprint density at radius 2 is 0.514 bits per heavy atom. The summed E-state index contributed by atoms with van der Waals surface area (Å²) in [4.78, 5) is 0. The van der Waals surface area contributed by atoms with Crippen LogP contribution in [0.3, 0.4) is 0 Å². The fraction of sp³-hybridized carbons (Fsp3) is 0.0857. The van der Waals surface area contributed by atoms with Crippen LogP contribution < -0.4 is 0 Å². The van der Waals surface area contributed by atoms with Crippen LogP contribution in [0.25, 0.3) is 65.3 Å². The highest BCUT2D eigenvalue weighted by atomic mass is 14.0. The van der Waals surface area contributed by atoms with Gasteiger partial charge in [0.25, 0.3) is 0 Å². The highest BCUT2D eigenvalue weighted by Crippen LogP contribution is 2.24. The van der Waals surface area contributed by atoms with E-state index < -0.39 is 0 Å². The van der Waals surface area contributed by atoms with E-state index in [1.807, 2.05) is 30.3 Å². The van der Waals surface area contributed by atoms with E-state index in [1.54, 1.807) is 0 Å². The van der Waals surface area contributed by atoms with Crippen LogP contribution in [0.2, 0.25) is 0 Å². The zero-order valence-electron chi connectivity index (χ0n) is 41.6. The van der Waals surface area contributed by atoms with Crippen LogP contribution in [0.4, 0.5) is 0 Å². The maximum Gasteiger partial charge on any atom is -0.0155 e. The Morgan fingerprint density at radius 1 is 0.171 bits per heavy atom. The lowest BCUT2D eigenvalue weighted by molar-refractivity contribution is 1.47. The number of hydrogen-bond donors (Lipinski definition) is 0. The van der Waals surface area contributed by atoms with Gasteiger partial charge in [-0.2, -0.15) is 0 Å². The summed E-state index contributed by atoms with van der Waals surface area (Å²) in [6, 6.07) is 97.6. The molecule has 0 fully saturated rings. The summed E-state index contributed by atoms with van der Waals surface area (Å²) in [7, 11) is 0. The fourth-order valence-corrected chi connectivity index (χ4v) is 8.12. The Bertz CT molecular complexity index is 3450. The molecule has 0 nitrogen and oxygen atoms in total. The third kappa shape index (κ3) is 15.1. The van der Waals surface area contributed by atoms with Crippen LogP contribution in [0, 0.1) is 41.5 Å². The molecule has 344 valence electrons. The minimum atomic E-state index is 1.28. The van der Waals surface area contributed by atoms with E-state index in [0.29, 0.717) is 0 Å². The monoisotopic (exact) mass is 905 g/mol. The van der Waals surface area contributed by atoms with Crippen molar-refractivity contribution in [3.63, 3.8) is 0 Å². The third-order valence-corrected chi connectivity index (χ3v) is 12.0. The Morgan fingerprint density at radius 3 is 1.07 bits per heavy atom. The normalized spacial score (nSPS) is 10.1. The zero-order valence-corrected chi connectivity index (χ0v) is 41.6. The molecule has 12 aromatic carbocycles. The van der Waals surface area contributed by atoms with Gasteiger partial charge in [0.1, 0.15) is 0 Å². The van der Waals surface area contributed by atoms with Crippen molar-refractivity contribution in [3.8, 4) is 22.3 Å². The highest BCUT2D eigenvalue weighted by Gasteiger charge is 1.99. The SMILES string of the molecule is Cc1ccc(-c2ccccc2)cc1.Cc1ccc2cc3ccccc3cc2c1.Cc1ccc2ccccc2c1.Cc1cccc(-c2ccccc2)c1.Cc1cccc2ccccc12.Cc1ccccc1. The molecule has 0 saturated carbocycles. The van der Waals surface area contributed by atoms with Gasteiger partial charge >= 0.3 is 0 Å². The molecular weight excluding hydrogens is 841 g/mol. The van der Waals surface area contributed by atoms with E-state index >= 15 is 0 Å². The smallest absolute Gasteiger partial charge is 0.0155 e. The van der Waals surface area contributed by atoms with Crippen molar-refractivity contribution in [1.29, 1.82) is 0 Å². The number of rotatable bonds is 2. The second-order valence-corrected chi connectivity index (χ2v) is 17.8. The second-order valence-electron chi connectivity index (χ2n) is 17.8. The van der Waals surface area contributed by atoms with E-state index in [1.165, 1.54) is 98.7 Å². The van der Waals surface area contributed by atoms with Crippen molar-refractivity contribution < 1.29 is 0 Å². The number of hydrogen-bond acceptors (Lipinski definition) is 0. The number of aryl methyl sites for hydroxylation is 6. The quantitative estimate of drug-likeness (QED) is 0.152. The minimum absolute atomic E-state index is 1.28. The van der Waals surface area contributed by atoms with Gasteiger partial charge in [-0.1, -0.05) is 295 Å². The summed E-state index contributed by atoms with van der Waals surface area (Å²) >= 11 is 0. The van der Waals surface area contributed by atoms with Gasteiger partial charge < -0.3 is 0 Å². The molecule has 0 aromatic heterocycles. The standard InChI is InChI=1S/C15H12.2C13H12.2C11H10.C7H8/c1-11-6-7-14-9-12-4-2-3-5-13(12)10-15(14)8-11;1-11-6-5-9-13(10-11)12-7-3-2-4-8-12;1-11-7-9-13(10-8-11)12-5-3-2-4-6-12;1-9-5-4-7-10-6-2-3-8-11(9)10;1-9-6-7-10-4-2-3-5-11(10)8-9;1-7-5-3-2-4-6-7/h2-10H,1H3;2*2-10H,1H3;2*2-8H,1H3;2-6H,1H3. The summed E-state index contributed by atoms with van der Waals surface area (Å²) in [6.07, 6.45) is 0. The number of fused-ring (bicyclic) bond motifs is 4. The van der Waals surface area contributed by atoms with E-state index in [-0.39, 0.29) is 0 Å². The summed E-state index contributed by atoms with van der Waals surface area (Å²) in [5.74, 6) is 0. The lowest BCUT2D eigenvalue weighted by Crippen LogP contribution is -1.77. The lowest BCUT2D eigenvalue weighted by Gasteiger charge is -2.02. The van der Waals surface area contributed by atoms with Crippen molar-refractivity contribution in [2.45, 2.75) is 41.5 Å². The van der Waals surface area contributed by atoms with E-state index in [9.17, 15) is 0 Å². The van der Waals surface area contributed by atoms with Crippen LogP contribution in [-0.2, 0) is 0 Å². The summed E-state index contributed by atoms with van der Waals surface area (Å²) in [6.45, 7) is 12.7. The van der Waals surface area contributed by atoms with Gasteiger partial charge in [0.2, 0.25) is 0 Å². The maximum absolute atomic E-state index is 2.26. The molecule has 0 radical (unpaired) electrons. The van der Waals surface area contributed by atoms with Crippen LogP contribution >= 0.6 is 0 Å². The van der Waals surface area contributed by atoms with Crippen molar-refractivity contribution in [2.24, 2.45) is 0 Å². The molecule has 0 aliphatic heterocycles. The van der Waals surface area contributed by atoms with Crippen molar-refractivity contribution in [2.75, 3.05) is 0 Å².